The fourth-order valence-corrected chi connectivity index (χ4v) is 5.53. The van der Waals surface area contributed by atoms with Crippen molar-refractivity contribution < 1.29 is 19.2 Å². The molecule has 2 heterocycles. The van der Waals surface area contributed by atoms with E-state index in [2.05, 4.69) is 29.3 Å². The first kappa shape index (κ1) is 18.1. The van der Waals surface area contributed by atoms with Gasteiger partial charge in [0.05, 0.1) is 11.1 Å². The number of hydrogen-bond acceptors (Lipinski definition) is 5. The summed E-state index contributed by atoms with van der Waals surface area (Å²) in [4.78, 5) is 52.7. The molecule has 5 rings (SSSR count). The van der Waals surface area contributed by atoms with Crippen LogP contribution in [0.4, 0.5) is 5.69 Å². The number of carbonyl (C=O) groups is 4. The lowest BCUT2D eigenvalue weighted by molar-refractivity contribution is -0.136. The number of hydrogen-bond donors (Lipinski definition) is 1. The molecule has 0 radical (unpaired) electrons. The van der Waals surface area contributed by atoms with E-state index in [4.69, 9.17) is 0 Å². The summed E-state index contributed by atoms with van der Waals surface area (Å²) in [5.74, 6) is -0.253. The van der Waals surface area contributed by atoms with Gasteiger partial charge in [0.1, 0.15) is 6.04 Å². The maximum absolute atomic E-state index is 13.0. The molecule has 2 aliphatic carbocycles. The zero-order chi connectivity index (χ0) is 20.4. The number of fused-ring (bicyclic) bond motifs is 3. The van der Waals surface area contributed by atoms with Crippen molar-refractivity contribution in [1.29, 1.82) is 0 Å². The van der Waals surface area contributed by atoms with Gasteiger partial charge in [-0.15, -0.1) is 0 Å². The third-order valence-electron chi connectivity index (χ3n) is 7.08. The second-order valence-corrected chi connectivity index (χ2v) is 8.59. The van der Waals surface area contributed by atoms with Gasteiger partial charge in [0.15, 0.2) is 0 Å². The number of benzene rings is 1. The van der Waals surface area contributed by atoms with Gasteiger partial charge in [-0.2, -0.15) is 0 Å². The molecule has 7 nitrogen and oxygen atoms in total. The van der Waals surface area contributed by atoms with Crippen LogP contribution in [-0.2, 0) is 9.59 Å². The highest BCUT2D eigenvalue weighted by molar-refractivity contribution is 6.23. The Morgan fingerprint density at radius 3 is 2.45 bits per heavy atom. The van der Waals surface area contributed by atoms with Crippen LogP contribution in [0.1, 0.15) is 46.9 Å². The molecule has 1 N–H and O–H groups in total. The summed E-state index contributed by atoms with van der Waals surface area (Å²) < 4.78 is 0. The fourth-order valence-electron chi connectivity index (χ4n) is 5.53. The molecule has 29 heavy (non-hydrogen) atoms. The number of allylic oxidation sites excluding steroid dienone is 1. The summed E-state index contributed by atoms with van der Waals surface area (Å²) in [6.07, 6.45) is 6.05. The molecule has 150 valence electrons. The molecule has 7 heteroatoms. The Hall–Kier alpha value is -2.96. The zero-order valence-corrected chi connectivity index (χ0v) is 16.4. The molecule has 1 saturated carbocycles. The first-order valence-corrected chi connectivity index (χ1v) is 10.1. The van der Waals surface area contributed by atoms with Crippen LogP contribution in [0.25, 0.3) is 0 Å². The molecule has 2 aliphatic heterocycles. The van der Waals surface area contributed by atoms with Crippen LogP contribution in [-0.4, -0.2) is 47.7 Å². The number of nitrogens with one attached hydrogen (secondary N) is 1. The minimum atomic E-state index is -0.933. The number of nitrogens with zero attached hydrogens (tertiary/aromatic N) is 2. The standard InChI is InChI=1S/C22H23N3O4/c1-11-12-3-4-13(9-12)19(11)24(2)14-5-6-15-16(10-14)22(29)25(21(15)28)17-7-8-18(26)23-20(17)27/h3-6,10-13,17,19H,7-9H2,1-2H3,(H,23,26,27)/t11-,12?,13?,17?,19+/m0/s1. The topological polar surface area (TPSA) is 86.8 Å². The highest BCUT2D eigenvalue weighted by Gasteiger charge is 2.46. The summed E-state index contributed by atoms with van der Waals surface area (Å²) in [5.41, 5.74) is 1.54. The molecular weight excluding hydrogens is 370 g/mol. The van der Waals surface area contributed by atoms with Crippen LogP contribution >= 0.6 is 0 Å². The Morgan fingerprint density at radius 1 is 1.03 bits per heavy atom. The summed E-state index contributed by atoms with van der Waals surface area (Å²) in [6, 6.07) is 4.75. The van der Waals surface area contributed by atoms with Crippen molar-refractivity contribution in [1.82, 2.24) is 10.2 Å². The van der Waals surface area contributed by atoms with E-state index >= 15 is 0 Å². The van der Waals surface area contributed by atoms with Gasteiger partial charge >= 0.3 is 0 Å². The lowest BCUT2D eigenvalue weighted by Crippen LogP contribution is -2.54. The van der Waals surface area contributed by atoms with Crippen LogP contribution in [0.2, 0.25) is 0 Å². The second-order valence-electron chi connectivity index (χ2n) is 8.59. The molecule has 3 unspecified atom stereocenters. The number of anilines is 1. The zero-order valence-electron chi connectivity index (χ0n) is 16.4. The molecule has 2 bridgehead atoms. The van der Waals surface area contributed by atoms with E-state index in [0.717, 1.165) is 10.6 Å². The fraction of sp³-hybridized carbons (Fsp3) is 0.455. The van der Waals surface area contributed by atoms with Crippen molar-refractivity contribution in [2.24, 2.45) is 17.8 Å². The molecule has 2 fully saturated rings. The van der Waals surface area contributed by atoms with Crippen LogP contribution in [0.5, 0.6) is 0 Å². The van der Waals surface area contributed by atoms with Crippen molar-refractivity contribution in [3.63, 3.8) is 0 Å². The minimum absolute atomic E-state index is 0.118. The molecule has 0 aromatic heterocycles. The Balaban J connectivity index is 1.43. The van der Waals surface area contributed by atoms with Gasteiger partial charge in [-0.25, -0.2) is 0 Å². The molecule has 1 aromatic rings. The largest absolute Gasteiger partial charge is 0.371 e. The van der Waals surface area contributed by atoms with E-state index in [1.807, 2.05) is 13.1 Å². The van der Waals surface area contributed by atoms with Crippen LogP contribution in [0.15, 0.2) is 30.4 Å². The predicted molar refractivity (Wildman–Crippen MR) is 105 cm³/mol. The molecule has 1 saturated heterocycles. The molecule has 5 atom stereocenters. The molecule has 4 aliphatic rings. The van der Waals surface area contributed by atoms with E-state index < -0.39 is 23.8 Å². The Labute approximate surface area is 168 Å². The van der Waals surface area contributed by atoms with Crippen molar-refractivity contribution in [2.45, 2.75) is 38.3 Å². The summed E-state index contributed by atoms with van der Waals surface area (Å²) in [6.45, 7) is 2.27. The first-order valence-electron chi connectivity index (χ1n) is 10.1. The van der Waals surface area contributed by atoms with Crippen molar-refractivity contribution in [3.05, 3.63) is 41.5 Å². The molecule has 1 aromatic carbocycles. The van der Waals surface area contributed by atoms with Crippen molar-refractivity contribution in [2.75, 3.05) is 11.9 Å². The average Bonchev–Trinajstić information content (AvgIpc) is 3.35. The summed E-state index contributed by atoms with van der Waals surface area (Å²) in [7, 11) is 2.04. The van der Waals surface area contributed by atoms with Gasteiger partial charge < -0.3 is 4.90 Å². The highest BCUT2D eigenvalue weighted by Crippen LogP contribution is 2.46. The molecule has 4 amide bonds. The van der Waals surface area contributed by atoms with Gasteiger partial charge in [-0.05, 0) is 48.8 Å². The van der Waals surface area contributed by atoms with Gasteiger partial charge in [-0.1, -0.05) is 19.1 Å². The lowest BCUT2D eigenvalue weighted by Gasteiger charge is -2.35. The Morgan fingerprint density at radius 2 is 1.76 bits per heavy atom. The monoisotopic (exact) mass is 393 g/mol. The second kappa shape index (κ2) is 6.27. The van der Waals surface area contributed by atoms with E-state index in [1.54, 1.807) is 12.1 Å². The minimum Gasteiger partial charge on any atom is -0.371 e. The van der Waals surface area contributed by atoms with E-state index in [0.29, 0.717) is 34.9 Å². The van der Waals surface area contributed by atoms with Crippen molar-refractivity contribution in [3.8, 4) is 0 Å². The maximum atomic E-state index is 13.0. The molecular formula is C22H23N3O4. The van der Waals surface area contributed by atoms with Crippen LogP contribution in [0.3, 0.4) is 0 Å². The van der Waals surface area contributed by atoms with E-state index in [9.17, 15) is 19.2 Å². The third-order valence-corrected chi connectivity index (χ3v) is 7.08. The lowest BCUT2D eigenvalue weighted by atomic mass is 9.89. The smallest absolute Gasteiger partial charge is 0.262 e. The third kappa shape index (κ3) is 2.56. The maximum Gasteiger partial charge on any atom is 0.262 e. The summed E-state index contributed by atoms with van der Waals surface area (Å²) in [5, 5.41) is 2.22. The number of carbonyl (C=O) groups excluding carboxylic acids is 4. The molecule has 0 spiro atoms. The van der Waals surface area contributed by atoms with E-state index in [1.165, 1.54) is 6.42 Å². The number of rotatable bonds is 3. The van der Waals surface area contributed by atoms with Gasteiger partial charge in [0, 0.05) is 25.2 Å². The SMILES string of the molecule is C[C@H]1C2C=CC(C2)[C@@H]1N(C)c1ccc2c(c1)C(=O)N(C1CCC(=O)NC1=O)C2=O. The predicted octanol–water partition coefficient (Wildman–Crippen LogP) is 1.73. The van der Waals surface area contributed by atoms with Gasteiger partial charge in [0.25, 0.3) is 11.8 Å². The Bertz CT molecular complexity index is 984. The normalized spacial score (nSPS) is 32.8. The van der Waals surface area contributed by atoms with Crippen LogP contribution < -0.4 is 10.2 Å². The first-order chi connectivity index (χ1) is 13.9. The van der Waals surface area contributed by atoms with Gasteiger partial charge in [-0.3, -0.25) is 29.4 Å². The summed E-state index contributed by atoms with van der Waals surface area (Å²) >= 11 is 0. The van der Waals surface area contributed by atoms with Gasteiger partial charge in [0.2, 0.25) is 11.8 Å². The Kier molecular flexibility index (Phi) is 3.91. The number of amides is 4. The van der Waals surface area contributed by atoms with Crippen LogP contribution in [0, 0.1) is 17.8 Å². The quantitative estimate of drug-likeness (QED) is 0.624. The number of piperidine rings is 1. The number of imide groups is 2. The van der Waals surface area contributed by atoms with Crippen molar-refractivity contribution >= 4 is 29.3 Å². The highest BCUT2D eigenvalue weighted by atomic mass is 16.2. The van der Waals surface area contributed by atoms with E-state index in [-0.39, 0.29) is 18.7 Å². The average molecular weight is 393 g/mol.